The zero-order valence-electron chi connectivity index (χ0n) is 29.0. The molecule has 3 saturated carbocycles. The van der Waals surface area contributed by atoms with Crippen LogP contribution in [0.1, 0.15) is 57.2 Å². The molecule has 2 aromatic carbocycles. The number of allylic oxidation sites excluding steroid dienone is 4. The van der Waals surface area contributed by atoms with Crippen LogP contribution in [-0.2, 0) is 25.8 Å². The van der Waals surface area contributed by atoms with Crippen molar-refractivity contribution >= 4 is 21.6 Å². The lowest BCUT2D eigenvalue weighted by Gasteiger charge is -2.59. The Kier molecular flexibility index (Phi) is 9.57. The maximum absolute atomic E-state index is 13.1. The Morgan fingerprint density at radius 3 is 2.33 bits per heavy atom. The Labute approximate surface area is 299 Å². The highest BCUT2D eigenvalue weighted by molar-refractivity contribution is 7.89. The quantitative estimate of drug-likeness (QED) is 0.281. The maximum Gasteiger partial charge on any atom is 0.435 e. The van der Waals surface area contributed by atoms with Gasteiger partial charge >= 0.3 is 6.18 Å². The SMILES string of the molecule is C[C@]12C=CC(=O)C=C1CC[C@@H]1[C@@H]2[C@@H](O)C[C@@]2(C)[C@H]1CC[C@]2(O)C(=O)CO.Cc1ccc(-c2cc(C(F)(F)F)nn2-c2ccc(S(N)(=O)=O)cc2)cc1. The number of sulfonamides is 1. The fraction of sp³-hybridized carbons (Fsp3) is 0.447. The number of primary sulfonamides is 1. The van der Waals surface area contributed by atoms with E-state index >= 15 is 0 Å². The molecule has 3 aromatic rings. The molecule has 0 unspecified atom stereocenters. The molecule has 4 aliphatic rings. The molecule has 3 fully saturated rings. The van der Waals surface area contributed by atoms with Gasteiger partial charge in [0.1, 0.15) is 12.2 Å². The van der Waals surface area contributed by atoms with Gasteiger partial charge in [0, 0.05) is 22.3 Å². The molecule has 0 aliphatic heterocycles. The largest absolute Gasteiger partial charge is 0.435 e. The first-order chi connectivity index (χ1) is 24.2. The maximum atomic E-state index is 13.1. The minimum Gasteiger partial charge on any atom is -0.393 e. The number of ketones is 2. The lowest BCUT2D eigenvalue weighted by Crippen LogP contribution is -2.61. The van der Waals surface area contributed by atoms with Crippen LogP contribution in [0.4, 0.5) is 13.2 Å². The van der Waals surface area contributed by atoms with E-state index < -0.39 is 51.4 Å². The third-order valence-electron chi connectivity index (χ3n) is 12.0. The van der Waals surface area contributed by atoms with Crippen molar-refractivity contribution in [2.75, 3.05) is 6.61 Å². The van der Waals surface area contributed by atoms with E-state index in [1.54, 1.807) is 36.4 Å². The number of aliphatic hydroxyl groups excluding tert-OH is 2. The van der Waals surface area contributed by atoms with Gasteiger partial charge in [0.25, 0.3) is 0 Å². The van der Waals surface area contributed by atoms with Crippen molar-refractivity contribution in [3.63, 3.8) is 0 Å². The monoisotopic (exact) mass is 741 g/mol. The second-order valence-corrected chi connectivity index (χ2v) is 16.5. The number of nitrogens with zero attached hydrogens (tertiary/aromatic N) is 2. The summed E-state index contributed by atoms with van der Waals surface area (Å²) in [5, 5.41) is 40.4. The first-order valence-electron chi connectivity index (χ1n) is 17.1. The van der Waals surface area contributed by atoms with Crippen molar-refractivity contribution in [2.45, 2.75) is 75.7 Å². The van der Waals surface area contributed by atoms with Crippen molar-refractivity contribution < 1.29 is 46.5 Å². The van der Waals surface area contributed by atoms with Crippen LogP contribution in [0.5, 0.6) is 0 Å². The molecule has 0 bridgehead atoms. The number of carbonyl (C=O) groups excluding carboxylic acids is 2. The Morgan fingerprint density at radius 1 is 1.08 bits per heavy atom. The second-order valence-electron chi connectivity index (χ2n) is 14.9. The zero-order valence-corrected chi connectivity index (χ0v) is 29.8. The summed E-state index contributed by atoms with van der Waals surface area (Å²) < 4.78 is 63.2. The minimum absolute atomic E-state index is 0.00912. The molecule has 7 atom stereocenters. The van der Waals surface area contributed by atoms with Crippen LogP contribution in [0.2, 0.25) is 0 Å². The molecule has 14 heteroatoms. The van der Waals surface area contributed by atoms with Crippen molar-refractivity contribution in [3.05, 3.63) is 89.7 Å². The van der Waals surface area contributed by atoms with Gasteiger partial charge in [0.15, 0.2) is 17.3 Å². The number of carbonyl (C=O) groups is 2. The van der Waals surface area contributed by atoms with Gasteiger partial charge < -0.3 is 15.3 Å². The number of aryl methyl sites for hydroxylation is 1. The molecule has 4 aliphatic carbocycles. The van der Waals surface area contributed by atoms with Gasteiger partial charge in [-0.15, -0.1) is 0 Å². The molecule has 10 nitrogen and oxygen atoms in total. The summed E-state index contributed by atoms with van der Waals surface area (Å²) in [6.07, 6.45) is 3.08. The van der Waals surface area contributed by atoms with E-state index in [9.17, 15) is 46.5 Å². The first kappa shape index (κ1) is 37.8. The Balaban J connectivity index is 0.000000179. The molecule has 7 rings (SSSR count). The average Bonchev–Trinajstić information content (AvgIpc) is 3.65. The van der Waals surface area contributed by atoms with Crippen LogP contribution in [0.3, 0.4) is 0 Å². The lowest BCUT2D eigenvalue weighted by atomic mass is 9.46. The fourth-order valence-corrected chi connectivity index (χ4v) is 9.86. The number of Topliss-reactive ketones (excluding diaryl/α,β-unsaturated/α-hetero) is 1. The number of halogens is 3. The fourth-order valence-electron chi connectivity index (χ4n) is 9.34. The topological polar surface area (TPSA) is 173 Å². The van der Waals surface area contributed by atoms with Gasteiger partial charge in [-0.05, 0) is 93.3 Å². The molecule has 1 aromatic heterocycles. The predicted molar refractivity (Wildman–Crippen MR) is 185 cm³/mol. The minimum atomic E-state index is -4.61. The molecule has 0 saturated heterocycles. The summed E-state index contributed by atoms with van der Waals surface area (Å²) in [5.74, 6) is -0.227. The highest BCUT2D eigenvalue weighted by Gasteiger charge is 2.68. The highest BCUT2D eigenvalue weighted by Crippen LogP contribution is 2.67. The predicted octanol–water partition coefficient (Wildman–Crippen LogP) is 5.07. The van der Waals surface area contributed by atoms with Crippen LogP contribution in [0, 0.1) is 35.5 Å². The van der Waals surface area contributed by atoms with Gasteiger partial charge in [-0.3, -0.25) is 9.59 Å². The molecule has 278 valence electrons. The second kappa shape index (κ2) is 13.2. The standard InChI is InChI=1S/C21H28O5.C17H14F3N3O2S/c1-19-7-5-13(23)9-12(19)3-4-14-15-6-8-21(26,17(25)11-22)20(15,2)10-16(24)18(14)19;1-11-2-4-12(5-3-11)15-10-16(17(18,19)20)22-23(15)13-6-8-14(9-7-13)26(21,24)25/h5,7,9,14-16,18,22,24,26H,3-4,6,8,10-11H2,1-2H3;2-10H,1H3,(H2,21,24,25)/t14-,15-,16-,18+,19-,20-,21-;/m0./s1. The molecule has 5 N–H and O–H groups in total. The molecule has 52 heavy (non-hydrogen) atoms. The number of alkyl halides is 3. The molecular formula is C38H42F3N3O7S. The number of aliphatic hydroxyl groups is 3. The lowest BCUT2D eigenvalue weighted by molar-refractivity contribution is -0.178. The first-order valence-corrected chi connectivity index (χ1v) is 18.6. The Bertz CT molecular complexity index is 2060. The summed E-state index contributed by atoms with van der Waals surface area (Å²) in [4.78, 5) is 24.0. The van der Waals surface area contributed by atoms with Crippen LogP contribution in [0.15, 0.2) is 83.3 Å². The molecule has 0 radical (unpaired) electrons. The molecular weight excluding hydrogens is 699 g/mol. The van der Waals surface area contributed by atoms with E-state index in [1.165, 1.54) is 24.3 Å². The van der Waals surface area contributed by atoms with E-state index in [1.807, 2.05) is 19.9 Å². The van der Waals surface area contributed by atoms with E-state index in [4.69, 9.17) is 5.14 Å². The van der Waals surface area contributed by atoms with Crippen molar-refractivity contribution in [1.82, 2.24) is 9.78 Å². The number of hydrogen-bond donors (Lipinski definition) is 4. The molecule has 0 amide bonds. The van der Waals surface area contributed by atoms with Crippen molar-refractivity contribution in [2.24, 2.45) is 33.7 Å². The number of aromatic nitrogens is 2. The van der Waals surface area contributed by atoms with Crippen molar-refractivity contribution in [3.8, 4) is 16.9 Å². The van der Waals surface area contributed by atoms with Crippen LogP contribution in [0.25, 0.3) is 16.9 Å². The Morgan fingerprint density at radius 2 is 1.73 bits per heavy atom. The zero-order chi connectivity index (χ0) is 38.0. The van der Waals surface area contributed by atoms with E-state index in [0.717, 1.165) is 41.1 Å². The molecule has 0 spiro atoms. The van der Waals surface area contributed by atoms with Gasteiger partial charge in [-0.25, -0.2) is 18.2 Å². The van der Waals surface area contributed by atoms with Gasteiger partial charge in [0.2, 0.25) is 10.0 Å². The number of nitrogens with two attached hydrogens (primary N) is 1. The number of fused-ring (bicyclic) bond motifs is 5. The van der Waals surface area contributed by atoms with Crippen LogP contribution >= 0.6 is 0 Å². The third kappa shape index (κ3) is 6.38. The van der Waals surface area contributed by atoms with E-state index in [-0.39, 0.29) is 45.2 Å². The number of benzene rings is 2. The number of rotatable bonds is 5. The summed E-state index contributed by atoms with van der Waals surface area (Å²) in [7, 11) is -3.90. The van der Waals surface area contributed by atoms with E-state index in [2.05, 4.69) is 12.0 Å². The van der Waals surface area contributed by atoms with Crippen LogP contribution < -0.4 is 5.14 Å². The van der Waals surface area contributed by atoms with Gasteiger partial charge in [-0.1, -0.05) is 55.3 Å². The van der Waals surface area contributed by atoms with Gasteiger partial charge in [-0.2, -0.15) is 18.3 Å². The average molecular weight is 742 g/mol. The summed E-state index contributed by atoms with van der Waals surface area (Å²) in [6, 6.07) is 13.1. The van der Waals surface area contributed by atoms with E-state index in [0.29, 0.717) is 18.4 Å². The number of hydrogen-bond acceptors (Lipinski definition) is 8. The summed E-state index contributed by atoms with van der Waals surface area (Å²) >= 11 is 0. The normalized spacial score (nSPS) is 31.1. The van der Waals surface area contributed by atoms with Gasteiger partial charge in [0.05, 0.1) is 22.4 Å². The van der Waals surface area contributed by atoms with Crippen molar-refractivity contribution in [1.29, 1.82) is 0 Å². The smallest absolute Gasteiger partial charge is 0.393 e. The highest BCUT2D eigenvalue weighted by atomic mass is 32.2. The molecule has 1 heterocycles. The summed E-state index contributed by atoms with van der Waals surface area (Å²) in [5.41, 5.74) is -0.546. The van der Waals surface area contributed by atoms with Crippen LogP contribution in [-0.4, -0.2) is 63.4 Å². The third-order valence-corrected chi connectivity index (χ3v) is 12.9. The summed E-state index contributed by atoms with van der Waals surface area (Å²) in [6.45, 7) is 5.21. The Hall–Kier alpha value is -3.95.